The van der Waals surface area contributed by atoms with Crippen LogP contribution in [-0.4, -0.2) is 44.3 Å². The number of ether oxygens (including phenoxy) is 3. The van der Waals surface area contributed by atoms with Crippen LogP contribution in [0.3, 0.4) is 0 Å². The van der Waals surface area contributed by atoms with Gasteiger partial charge in [-0.1, -0.05) is 0 Å². The summed E-state index contributed by atoms with van der Waals surface area (Å²) in [5.41, 5.74) is 0.980. The van der Waals surface area contributed by atoms with E-state index in [1.165, 1.54) is 0 Å². The molecule has 1 aromatic rings. The molecule has 2 rings (SSSR count). The van der Waals surface area contributed by atoms with Crippen molar-refractivity contribution in [2.45, 2.75) is 39.3 Å². The van der Waals surface area contributed by atoms with E-state index in [4.69, 9.17) is 14.2 Å². The molecule has 128 valence electrons. The average Bonchev–Trinajstić information content (AvgIpc) is 2.59. The summed E-state index contributed by atoms with van der Waals surface area (Å²) in [6.45, 7) is 5.94. The van der Waals surface area contributed by atoms with Crippen LogP contribution in [0.4, 0.5) is 0 Å². The van der Waals surface area contributed by atoms with Crippen LogP contribution < -0.4 is 9.47 Å². The monoisotopic (exact) mass is 321 g/mol. The number of rotatable bonds is 6. The van der Waals surface area contributed by atoms with Crippen molar-refractivity contribution >= 4 is 5.91 Å². The maximum absolute atomic E-state index is 12.8. The number of benzene rings is 1. The Morgan fingerprint density at radius 1 is 1.35 bits per heavy atom. The second-order valence-corrected chi connectivity index (χ2v) is 5.85. The molecule has 0 N–H and O–H groups in total. The Balaban J connectivity index is 2.14. The minimum absolute atomic E-state index is 0.0111. The van der Waals surface area contributed by atoms with E-state index in [9.17, 15) is 4.79 Å². The van der Waals surface area contributed by atoms with Gasteiger partial charge >= 0.3 is 0 Å². The quantitative estimate of drug-likeness (QED) is 0.808. The largest absolute Gasteiger partial charge is 0.497 e. The fraction of sp³-hybridized carbons (Fsp3) is 0.611. The molecule has 1 fully saturated rings. The normalized spacial score (nSPS) is 20.9. The zero-order chi connectivity index (χ0) is 16.8. The first kappa shape index (κ1) is 17.6. The molecule has 2 atom stereocenters. The van der Waals surface area contributed by atoms with Gasteiger partial charge in [0.25, 0.3) is 0 Å². The van der Waals surface area contributed by atoms with Crippen molar-refractivity contribution in [1.29, 1.82) is 0 Å². The Hall–Kier alpha value is -1.75. The summed E-state index contributed by atoms with van der Waals surface area (Å²) in [6, 6.07) is 5.69. The molecule has 0 saturated carbocycles. The first-order valence-corrected chi connectivity index (χ1v) is 8.22. The van der Waals surface area contributed by atoms with Crippen molar-refractivity contribution in [2.24, 2.45) is 5.92 Å². The molecule has 1 aliphatic heterocycles. The summed E-state index contributed by atoms with van der Waals surface area (Å²) in [5, 5.41) is 0. The fourth-order valence-corrected chi connectivity index (χ4v) is 3.02. The van der Waals surface area contributed by atoms with Crippen LogP contribution in [0.25, 0.3) is 0 Å². The fourth-order valence-electron chi connectivity index (χ4n) is 3.02. The summed E-state index contributed by atoms with van der Waals surface area (Å²) in [7, 11) is 3.26. The van der Waals surface area contributed by atoms with Crippen molar-refractivity contribution in [3.05, 3.63) is 23.8 Å². The van der Waals surface area contributed by atoms with Gasteiger partial charge in [-0.3, -0.25) is 4.79 Å². The van der Waals surface area contributed by atoms with Crippen molar-refractivity contribution in [3.63, 3.8) is 0 Å². The van der Waals surface area contributed by atoms with Gasteiger partial charge in [0.15, 0.2) is 0 Å². The van der Waals surface area contributed by atoms with E-state index in [1.807, 2.05) is 36.9 Å². The van der Waals surface area contributed by atoms with Crippen molar-refractivity contribution in [2.75, 3.05) is 27.4 Å². The smallest absolute Gasteiger partial charge is 0.228 e. The van der Waals surface area contributed by atoms with Crippen molar-refractivity contribution in [3.8, 4) is 11.5 Å². The molecule has 0 bridgehead atoms. The van der Waals surface area contributed by atoms with Crippen LogP contribution in [0.1, 0.15) is 32.3 Å². The number of carbonyl (C=O) groups excluding carboxylic acids is 1. The maximum atomic E-state index is 12.8. The molecule has 0 unspecified atom stereocenters. The lowest BCUT2D eigenvalue weighted by atomic mass is 9.93. The van der Waals surface area contributed by atoms with Crippen LogP contribution in [0.15, 0.2) is 18.2 Å². The minimum Gasteiger partial charge on any atom is -0.497 e. The first-order valence-electron chi connectivity index (χ1n) is 8.22. The number of methoxy groups -OCH3 is 2. The molecule has 0 radical (unpaired) electrons. The molecule has 1 aromatic carbocycles. The molecule has 0 aliphatic carbocycles. The number of amides is 1. The SMILES string of the molecule is CCN(Cc1ccc(OC)cc1OC)C(=O)[C@@H]1CCCO[C@H]1C. The molecule has 23 heavy (non-hydrogen) atoms. The Kier molecular flexibility index (Phi) is 6.28. The van der Waals surface area contributed by atoms with Gasteiger partial charge < -0.3 is 19.1 Å². The highest BCUT2D eigenvalue weighted by Gasteiger charge is 2.31. The predicted octanol–water partition coefficient (Wildman–Crippen LogP) is 2.87. The van der Waals surface area contributed by atoms with Crippen LogP contribution in [0, 0.1) is 5.92 Å². The van der Waals surface area contributed by atoms with Gasteiger partial charge in [0.1, 0.15) is 11.5 Å². The second kappa shape index (κ2) is 8.20. The van der Waals surface area contributed by atoms with Gasteiger partial charge in [-0.15, -0.1) is 0 Å². The standard InChI is InChI=1S/C18H27NO4/c1-5-19(18(20)16-7-6-10-23-13(16)2)12-14-8-9-15(21-3)11-17(14)22-4/h8-9,11,13,16H,5-7,10,12H2,1-4H3/t13-,16+/m0/s1. The Bertz CT molecular complexity index is 532. The molecule has 5 nitrogen and oxygen atoms in total. The second-order valence-electron chi connectivity index (χ2n) is 5.85. The van der Waals surface area contributed by atoms with Gasteiger partial charge in [0.2, 0.25) is 5.91 Å². The van der Waals surface area contributed by atoms with E-state index in [1.54, 1.807) is 14.2 Å². The van der Waals surface area contributed by atoms with E-state index in [0.29, 0.717) is 13.1 Å². The van der Waals surface area contributed by atoms with Gasteiger partial charge in [0.05, 0.1) is 26.2 Å². The van der Waals surface area contributed by atoms with Crippen LogP contribution in [0.5, 0.6) is 11.5 Å². The van der Waals surface area contributed by atoms with Crippen LogP contribution >= 0.6 is 0 Å². The molecular formula is C18H27NO4. The lowest BCUT2D eigenvalue weighted by molar-refractivity contribution is -0.144. The highest BCUT2D eigenvalue weighted by atomic mass is 16.5. The Labute approximate surface area is 138 Å². The molecule has 0 aromatic heterocycles. The molecule has 1 amide bonds. The van der Waals surface area contributed by atoms with Gasteiger partial charge in [-0.25, -0.2) is 0 Å². The van der Waals surface area contributed by atoms with Crippen LogP contribution in [0.2, 0.25) is 0 Å². The van der Waals surface area contributed by atoms with Gasteiger partial charge in [-0.05, 0) is 38.8 Å². The summed E-state index contributed by atoms with van der Waals surface area (Å²) in [4.78, 5) is 14.7. The molecule has 1 aliphatic rings. The summed E-state index contributed by atoms with van der Waals surface area (Å²) in [5.74, 6) is 1.60. The number of hydrogen-bond acceptors (Lipinski definition) is 4. The van der Waals surface area contributed by atoms with Crippen molar-refractivity contribution in [1.82, 2.24) is 4.90 Å². The van der Waals surface area contributed by atoms with E-state index in [0.717, 1.165) is 36.5 Å². The highest BCUT2D eigenvalue weighted by Crippen LogP contribution is 2.28. The van der Waals surface area contributed by atoms with E-state index >= 15 is 0 Å². The summed E-state index contributed by atoms with van der Waals surface area (Å²) in [6.07, 6.45) is 1.84. The predicted molar refractivity (Wildman–Crippen MR) is 88.8 cm³/mol. The van der Waals surface area contributed by atoms with E-state index in [2.05, 4.69) is 0 Å². The maximum Gasteiger partial charge on any atom is 0.228 e. The molecule has 1 heterocycles. The topological polar surface area (TPSA) is 48.0 Å². The zero-order valence-corrected chi connectivity index (χ0v) is 14.5. The molecule has 1 saturated heterocycles. The van der Waals surface area contributed by atoms with E-state index < -0.39 is 0 Å². The number of carbonyl (C=O) groups is 1. The highest BCUT2D eigenvalue weighted by molar-refractivity contribution is 5.79. The summed E-state index contributed by atoms with van der Waals surface area (Å²) < 4.78 is 16.3. The molecule has 0 spiro atoms. The van der Waals surface area contributed by atoms with Crippen molar-refractivity contribution < 1.29 is 19.0 Å². The van der Waals surface area contributed by atoms with Gasteiger partial charge in [0, 0.05) is 31.3 Å². The lowest BCUT2D eigenvalue weighted by Gasteiger charge is -2.33. The first-order chi connectivity index (χ1) is 11.1. The number of hydrogen-bond donors (Lipinski definition) is 0. The van der Waals surface area contributed by atoms with Crippen LogP contribution in [-0.2, 0) is 16.1 Å². The summed E-state index contributed by atoms with van der Waals surface area (Å²) >= 11 is 0. The average molecular weight is 321 g/mol. The third-order valence-electron chi connectivity index (χ3n) is 4.47. The molecule has 5 heteroatoms. The number of nitrogens with zero attached hydrogens (tertiary/aromatic N) is 1. The Morgan fingerprint density at radius 2 is 2.13 bits per heavy atom. The van der Waals surface area contributed by atoms with E-state index in [-0.39, 0.29) is 17.9 Å². The third-order valence-corrected chi connectivity index (χ3v) is 4.47. The lowest BCUT2D eigenvalue weighted by Crippen LogP contribution is -2.42. The van der Waals surface area contributed by atoms with Gasteiger partial charge in [-0.2, -0.15) is 0 Å². The third kappa shape index (κ3) is 4.16. The molecular weight excluding hydrogens is 294 g/mol. The zero-order valence-electron chi connectivity index (χ0n) is 14.5. The Morgan fingerprint density at radius 3 is 2.74 bits per heavy atom. The minimum atomic E-state index is -0.0482.